The van der Waals surface area contributed by atoms with Crippen LogP contribution in [0.15, 0.2) is 0 Å². The van der Waals surface area contributed by atoms with E-state index in [9.17, 15) is 9.59 Å². The van der Waals surface area contributed by atoms with Crippen LogP contribution in [0.25, 0.3) is 0 Å². The van der Waals surface area contributed by atoms with E-state index in [1.165, 1.54) is 6.92 Å². The molecular weight excluding hydrogens is 210 g/mol. The minimum atomic E-state index is -0.244. The van der Waals surface area contributed by atoms with Crippen molar-refractivity contribution in [2.75, 3.05) is 26.4 Å². The summed E-state index contributed by atoms with van der Waals surface area (Å²) >= 11 is 0. The zero-order chi connectivity index (χ0) is 12.6. The molecule has 94 valence electrons. The Hall–Kier alpha value is -0.940. The van der Waals surface area contributed by atoms with Crippen LogP contribution < -0.4 is 5.32 Å². The fourth-order valence-corrected chi connectivity index (χ4v) is 0.953. The molecule has 0 aromatic carbocycles. The van der Waals surface area contributed by atoms with Gasteiger partial charge >= 0.3 is 0 Å². The molecule has 5 nitrogen and oxygen atoms in total. The summed E-state index contributed by atoms with van der Waals surface area (Å²) in [6.07, 6.45) is 0. The second kappa shape index (κ2) is 7.35. The van der Waals surface area contributed by atoms with Gasteiger partial charge in [0.15, 0.2) is 5.78 Å². The minimum Gasteiger partial charge on any atom is -0.371 e. The van der Waals surface area contributed by atoms with E-state index < -0.39 is 0 Å². The van der Waals surface area contributed by atoms with Gasteiger partial charge in [-0.15, -0.1) is 0 Å². The van der Waals surface area contributed by atoms with Crippen molar-refractivity contribution in [3.05, 3.63) is 0 Å². The summed E-state index contributed by atoms with van der Waals surface area (Å²) < 4.78 is 10.0. The van der Waals surface area contributed by atoms with Crippen LogP contribution in [0.1, 0.15) is 27.7 Å². The van der Waals surface area contributed by atoms with Crippen molar-refractivity contribution in [2.45, 2.75) is 33.2 Å². The van der Waals surface area contributed by atoms with Crippen LogP contribution in [0.4, 0.5) is 0 Å². The lowest BCUT2D eigenvalue weighted by Crippen LogP contribution is -2.42. The van der Waals surface area contributed by atoms with Crippen LogP contribution in [0, 0.1) is 0 Å². The molecule has 0 bridgehead atoms. The highest BCUT2D eigenvalue weighted by molar-refractivity contribution is 5.77. The molecule has 0 aromatic heterocycles. The fraction of sp³-hybridized carbons (Fsp3) is 0.818. The highest BCUT2D eigenvalue weighted by atomic mass is 16.5. The topological polar surface area (TPSA) is 64.6 Å². The molecule has 0 spiro atoms. The molecule has 0 aliphatic heterocycles. The Morgan fingerprint density at radius 3 is 2.00 bits per heavy atom. The van der Waals surface area contributed by atoms with Gasteiger partial charge in [0.1, 0.15) is 13.2 Å². The molecule has 1 N–H and O–H groups in total. The first-order valence-electron chi connectivity index (χ1n) is 5.27. The number of carbonyl (C=O) groups is 2. The first kappa shape index (κ1) is 15.1. The van der Waals surface area contributed by atoms with Crippen LogP contribution in [0.2, 0.25) is 0 Å². The predicted octanol–water partition coefficient (Wildman–Crippen LogP) is 0.523. The average molecular weight is 231 g/mol. The Morgan fingerprint density at radius 1 is 1.06 bits per heavy atom. The zero-order valence-electron chi connectivity index (χ0n) is 10.5. The van der Waals surface area contributed by atoms with Gasteiger partial charge in [-0.3, -0.25) is 9.59 Å². The quantitative estimate of drug-likeness (QED) is 0.649. The third kappa shape index (κ3) is 11.1. The molecule has 16 heavy (non-hydrogen) atoms. The number of hydrogen-bond acceptors (Lipinski definition) is 4. The Kier molecular flexibility index (Phi) is 6.92. The largest absolute Gasteiger partial charge is 0.371 e. The highest BCUT2D eigenvalue weighted by Gasteiger charge is 2.13. The number of carbonyl (C=O) groups excluding carboxylic acids is 2. The van der Waals surface area contributed by atoms with Gasteiger partial charge < -0.3 is 14.8 Å². The van der Waals surface area contributed by atoms with Crippen molar-refractivity contribution in [2.24, 2.45) is 0 Å². The van der Waals surface area contributed by atoms with Crippen molar-refractivity contribution >= 4 is 11.7 Å². The smallest absolute Gasteiger partial charge is 0.246 e. The number of Topliss-reactive ketones (excluding diaryl/α,β-unsaturated/α-hetero) is 1. The molecule has 0 aliphatic carbocycles. The number of nitrogens with one attached hydrogen (secondary N) is 1. The number of ketones is 1. The molecule has 1 amide bonds. The molecule has 0 atom stereocenters. The zero-order valence-corrected chi connectivity index (χ0v) is 10.5. The number of hydrogen-bond donors (Lipinski definition) is 1. The molecular formula is C11H21NO4. The lowest BCUT2D eigenvalue weighted by Gasteiger charge is -2.20. The van der Waals surface area contributed by atoms with Gasteiger partial charge in [0.25, 0.3) is 0 Å². The normalized spacial score (nSPS) is 11.2. The molecule has 0 saturated carbocycles. The van der Waals surface area contributed by atoms with Gasteiger partial charge in [-0.1, -0.05) is 0 Å². The number of ether oxygens (including phenoxy) is 2. The molecule has 0 fully saturated rings. The van der Waals surface area contributed by atoms with E-state index in [1.807, 2.05) is 20.8 Å². The van der Waals surface area contributed by atoms with E-state index in [1.54, 1.807) is 0 Å². The summed E-state index contributed by atoms with van der Waals surface area (Å²) in [7, 11) is 0. The molecule has 0 rings (SSSR count). The highest BCUT2D eigenvalue weighted by Crippen LogP contribution is 1.97. The molecule has 0 aromatic rings. The molecule has 0 unspecified atom stereocenters. The number of amides is 1. The van der Waals surface area contributed by atoms with E-state index in [0.29, 0.717) is 13.2 Å². The third-order valence-corrected chi connectivity index (χ3v) is 1.42. The van der Waals surface area contributed by atoms with E-state index in [-0.39, 0.29) is 30.4 Å². The van der Waals surface area contributed by atoms with Crippen molar-refractivity contribution in [1.82, 2.24) is 5.32 Å². The van der Waals surface area contributed by atoms with Crippen LogP contribution in [0.5, 0.6) is 0 Å². The van der Waals surface area contributed by atoms with E-state index in [2.05, 4.69) is 5.32 Å². The maximum absolute atomic E-state index is 11.3. The average Bonchev–Trinajstić information content (AvgIpc) is 2.07. The van der Waals surface area contributed by atoms with Crippen LogP contribution >= 0.6 is 0 Å². The summed E-state index contributed by atoms with van der Waals surface area (Å²) in [6, 6.07) is 0. The van der Waals surface area contributed by atoms with Gasteiger partial charge in [-0.25, -0.2) is 0 Å². The van der Waals surface area contributed by atoms with Gasteiger partial charge in [-0.05, 0) is 27.7 Å². The summed E-state index contributed by atoms with van der Waals surface area (Å²) in [5.74, 6) is -0.176. The van der Waals surface area contributed by atoms with Crippen molar-refractivity contribution in [3.8, 4) is 0 Å². The molecule has 0 aliphatic rings. The predicted molar refractivity (Wildman–Crippen MR) is 60.2 cm³/mol. The lowest BCUT2D eigenvalue weighted by molar-refractivity contribution is -0.128. The number of rotatable bonds is 7. The minimum absolute atomic E-state index is 0.0146. The Balaban J connectivity index is 3.38. The van der Waals surface area contributed by atoms with Crippen molar-refractivity contribution in [1.29, 1.82) is 0 Å². The van der Waals surface area contributed by atoms with Crippen molar-refractivity contribution < 1.29 is 19.1 Å². The monoisotopic (exact) mass is 231 g/mol. The first-order valence-corrected chi connectivity index (χ1v) is 5.27. The maximum atomic E-state index is 11.3. The van der Waals surface area contributed by atoms with Gasteiger partial charge in [-0.2, -0.15) is 0 Å². The van der Waals surface area contributed by atoms with Gasteiger partial charge in [0.05, 0.1) is 13.2 Å². The Bertz CT molecular complexity index is 233. The molecule has 0 heterocycles. The lowest BCUT2D eigenvalue weighted by atomic mass is 10.1. The van der Waals surface area contributed by atoms with E-state index in [4.69, 9.17) is 9.47 Å². The van der Waals surface area contributed by atoms with Crippen LogP contribution in [0.3, 0.4) is 0 Å². The summed E-state index contributed by atoms with van der Waals surface area (Å²) in [5, 5.41) is 2.77. The van der Waals surface area contributed by atoms with Gasteiger partial charge in [0, 0.05) is 5.54 Å². The van der Waals surface area contributed by atoms with Gasteiger partial charge in [0.2, 0.25) is 5.91 Å². The fourth-order valence-electron chi connectivity index (χ4n) is 0.953. The molecule has 0 saturated heterocycles. The second-order valence-electron chi connectivity index (χ2n) is 4.61. The Labute approximate surface area is 96.5 Å². The summed E-state index contributed by atoms with van der Waals surface area (Å²) in [6.45, 7) is 7.91. The van der Waals surface area contributed by atoms with E-state index in [0.717, 1.165) is 0 Å². The maximum Gasteiger partial charge on any atom is 0.246 e. The Morgan fingerprint density at radius 2 is 1.56 bits per heavy atom. The SMILES string of the molecule is CC(=O)COCCOCC(=O)NC(C)(C)C. The second-order valence-corrected chi connectivity index (χ2v) is 4.61. The third-order valence-electron chi connectivity index (χ3n) is 1.42. The molecule has 5 heteroatoms. The van der Waals surface area contributed by atoms with E-state index >= 15 is 0 Å². The standard InChI is InChI=1S/C11H21NO4/c1-9(13)7-15-5-6-16-8-10(14)12-11(2,3)4/h5-8H2,1-4H3,(H,12,14). The summed E-state index contributed by atoms with van der Waals surface area (Å²) in [4.78, 5) is 21.8. The van der Waals surface area contributed by atoms with Crippen LogP contribution in [-0.2, 0) is 19.1 Å². The van der Waals surface area contributed by atoms with Crippen molar-refractivity contribution in [3.63, 3.8) is 0 Å². The molecule has 0 radical (unpaired) electrons. The first-order chi connectivity index (χ1) is 7.31. The van der Waals surface area contributed by atoms with Crippen LogP contribution in [-0.4, -0.2) is 43.7 Å². The summed E-state index contributed by atoms with van der Waals surface area (Å²) in [5.41, 5.74) is -0.244.